The number of aliphatic hydroxyl groups excluding tert-OH is 2. The second-order valence-electron chi connectivity index (χ2n) is 30.3. The third-order valence-corrected chi connectivity index (χ3v) is 21.5. The van der Waals surface area contributed by atoms with Crippen LogP contribution in [-0.2, 0) is 65.4 Å². The summed E-state index contributed by atoms with van der Waals surface area (Å²) in [4.78, 5) is 91.4. The molecule has 0 spiro atoms. The van der Waals surface area contributed by atoms with E-state index in [4.69, 9.17) is 37.0 Å². The summed E-state index contributed by atoms with van der Waals surface area (Å²) < 4.78 is 70.8. The summed E-state index contributed by atoms with van der Waals surface area (Å²) in [5.74, 6) is -1.57. The molecule has 27 heteroatoms. The van der Waals surface area contributed by atoms with Crippen LogP contribution in [0.25, 0.3) is 0 Å². The zero-order valence-electron chi connectivity index (χ0n) is 71.4. The van der Waals surface area contributed by atoms with Crippen LogP contribution in [0.15, 0.2) is 0 Å². The molecule has 0 saturated carbocycles. The Kier molecular flexibility index (Phi) is 86.1. The fraction of sp³-hybridized carbons (Fsp3) is 0.940. The van der Waals surface area contributed by atoms with Crippen molar-refractivity contribution in [3.8, 4) is 0 Å². The number of hydrogen-bond donors (Lipinski definition) is 6. The number of esters is 1. The number of hydrogen-bond acceptors (Lipinski definition) is 19. The van der Waals surface area contributed by atoms with Crippen LogP contribution < -0.4 is 90.2 Å². The van der Waals surface area contributed by atoms with Gasteiger partial charge in [-0.25, -0.2) is 4.79 Å². The summed E-state index contributed by atoms with van der Waals surface area (Å²) in [6, 6.07) is -2.78. The Labute approximate surface area is 714 Å². The molecule has 4 amide bonds. The normalized spacial score (nSPS) is 14.2. The summed E-state index contributed by atoms with van der Waals surface area (Å²) >= 11 is 0. The molecule has 110 heavy (non-hydrogen) atoms. The zero-order valence-corrected chi connectivity index (χ0v) is 77.2. The minimum absolute atomic E-state index is 0. The van der Waals surface area contributed by atoms with Crippen molar-refractivity contribution in [1.29, 1.82) is 0 Å². The van der Waals surface area contributed by atoms with Gasteiger partial charge in [-0.1, -0.05) is 311 Å². The molecule has 8 unspecified atom stereocenters. The van der Waals surface area contributed by atoms with E-state index in [1.165, 1.54) is 141 Å². The molecule has 6 N–H and O–H groups in total. The van der Waals surface area contributed by atoms with E-state index in [1.807, 2.05) is 0 Å². The molecule has 0 aromatic heterocycles. The third kappa shape index (κ3) is 79.8. The first-order chi connectivity index (χ1) is 52.3. The van der Waals surface area contributed by atoms with Crippen LogP contribution in [0, 0.1) is 0 Å². The number of carbonyl (C=O) groups excluding carboxylic acids is 5. The second kappa shape index (κ2) is 83.4. The SMILES string of the molecule is CCCCCCCCCCCC(=O)CC(=O)NC(COCCC(CCCCCCC)OC(O)CCCCCCCCCCC)COP(=O)([O-])OCCNC(=O)NCCOP(=O)([O-])OCC(COCCC(CCCCCCC)OC(=O)CCCCCCCCCCC)NC(=O)CC(O)CCCCCCCCCCC.[Na+].[Na+]. The predicted molar refractivity (Wildman–Crippen MR) is 430 cm³/mol. The summed E-state index contributed by atoms with van der Waals surface area (Å²) in [5.41, 5.74) is 0. The molecular weight excluding hydrogens is 1460 g/mol. The third-order valence-electron chi connectivity index (χ3n) is 19.6. The Balaban J connectivity index is -0.0000572. The quantitative estimate of drug-likeness (QED) is 0.00823. The average molecular weight is 1630 g/mol. The molecule has 0 aliphatic heterocycles. The maximum Gasteiger partial charge on any atom is 1.00 e. The number of ether oxygens (including phenoxy) is 4. The smallest absolute Gasteiger partial charge is 0.756 e. The Hall–Kier alpha value is -0.630. The van der Waals surface area contributed by atoms with Gasteiger partial charge >= 0.3 is 71.1 Å². The van der Waals surface area contributed by atoms with E-state index in [0.29, 0.717) is 44.9 Å². The molecule has 0 aliphatic carbocycles. The van der Waals surface area contributed by atoms with E-state index in [-0.39, 0.29) is 142 Å². The van der Waals surface area contributed by atoms with E-state index in [2.05, 4.69) is 62.8 Å². The number of aliphatic hydroxyl groups is 2. The maximum atomic E-state index is 13.3. The zero-order chi connectivity index (χ0) is 79.5. The maximum absolute atomic E-state index is 13.3. The van der Waals surface area contributed by atoms with Crippen LogP contribution in [0.2, 0.25) is 0 Å². The number of ketones is 1. The molecule has 0 saturated heterocycles. The van der Waals surface area contributed by atoms with Crippen LogP contribution >= 0.6 is 15.6 Å². The van der Waals surface area contributed by atoms with Gasteiger partial charge in [0.15, 0.2) is 6.29 Å². The molecule has 0 heterocycles. The van der Waals surface area contributed by atoms with Crippen LogP contribution in [0.1, 0.15) is 401 Å². The number of rotatable bonds is 85. The summed E-state index contributed by atoms with van der Waals surface area (Å²) in [5, 5.41) is 32.0. The van der Waals surface area contributed by atoms with Crippen LogP contribution in [-0.4, -0.2) is 142 Å². The largest absolute Gasteiger partial charge is 1.00 e. The molecule has 640 valence electrons. The second-order valence-corrected chi connectivity index (χ2v) is 33.1. The van der Waals surface area contributed by atoms with Crippen molar-refractivity contribution in [2.24, 2.45) is 0 Å². The topological polar surface area (TPSA) is 328 Å². The van der Waals surface area contributed by atoms with E-state index >= 15 is 0 Å². The number of nitrogens with one attached hydrogen (secondary N) is 4. The molecule has 8 atom stereocenters. The van der Waals surface area contributed by atoms with Crippen molar-refractivity contribution in [1.82, 2.24) is 21.3 Å². The van der Waals surface area contributed by atoms with Crippen LogP contribution in [0.4, 0.5) is 4.79 Å². The first kappa shape index (κ1) is 114. The van der Waals surface area contributed by atoms with Crippen molar-refractivity contribution < 1.29 is 149 Å². The standard InChI is InChI=1S/C83H164N4O19P2.2Na/c1-7-13-19-25-29-33-37-43-47-53-75(88)67-79(90)86-73(69-99-63-59-77(55-49-41-23-17-11-5)105-81(92)57-51-45-39-35-31-27-21-15-9-3)71-103-107(95,96)101-65-61-84-83(94)85-62-66-102-108(97,98)104-72-74(87-80(91)68-76(89)54-48-44-38-34-30-26-20-14-8-2)70-100-64-60-78(56-50-42-24-18-12-6)106-82(93)58-52-46-40-36-32-28-22-16-10-4;;/h73-75,77-78,82,88,93H,7-72H2,1-6H3,(H,86,90)(H,87,91)(H,95,96)(H,97,98)(H2,84,85,94);;/q;2*+1/p-2. The summed E-state index contributed by atoms with van der Waals surface area (Å²) in [7, 11) is -10.1. The van der Waals surface area contributed by atoms with Crippen molar-refractivity contribution in [2.45, 2.75) is 438 Å². The van der Waals surface area contributed by atoms with Crippen LogP contribution in [0.3, 0.4) is 0 Å². The Morgan fingerprint density at radius 1 is 0.364 bits per heavy atom. The summed E-state index contributed by atoms with van der Waals surface area (Å²) in [6.07, 6.45) is 51.9. The molecule has 0 fully saturated rings. The van der Waals surface area contributed by atoms with Crippen LogP contribution in [0.5, 0.6) is 0 Å². The number of Topliss-reactive ketones (excluding diaryl/α,β-unsaturated/α-hetero) is 1. The van der Waals surface area contributed by atoms with Crippen molar-refractivity contribution in [3.63, 3.8) is 0 Å². The average Bonchev–Trinajstić information content (AvgIpc) is 0.912. The molecule has 0 radical (unpaired) electrons. The number of unbranched alkanes of at least 4 members (excludes halogenated alkanes) is 40. The predicted octanol–water partition coefficient (Wildman–Crippen LogP) is 12.8. The number of carbonyl (C=O) groups is 5. The molecule has 23 nitrogen and oxygen atoms in total. The van der Waals surface area contributed by atoms with Gasteiger partial charge in [0.1, 0.15) is 11.9 Å². The van der Waals surface area contributed by atoms with Gasteiger partial charge in [-0.2, -0.15) is 0 Å². The fourth-order valence-electron chi connectivity index (χ4n) is 13.0. The first-order valence-corrected chi connectivity index (χ1v) is 46.9. The van der Waals surface area contributed by atoms with Crippen molar-refractivity contribution in [2.75, 3.05) is 65.9 Å². The van der Waals surface area contributed by atoms with E-state index in [9.17, 15) is 53.1 Å². The number of amides is 4. The molecule has 0 aliphatic rings. The van der Waals surface area contributed by atoms with Crippen molar-refractivity contribution >= 4 is 45.2 Å². The van der Waals surface area contributed by atoms with Gasteiger partial charge in [0.25, 0.3) is 15.6 Å². The molecule has 0 aromatic carbocycles. The Bertz CT molecular complexity index is 2190. The molecule has 0 bridgehead atoms. The number of phosphoric ester groups is 2. The summed E-state index contributed by atoms with van der Waals surface area (Å²) in [6.45, 7) is 10.3. The van der Waals surface area contributed by atoms with E-state index < -0.39 is 84.4 Å². The molecular formula is C83H162N4Na2O19P2. The van der Waals surface area contributed by atoms with Gasteiger partial charge in [0.05, 0.1) is 83.4 Å². The Morgan fingerprint density at radius 3 is 1.09 bits per heavy atom. The molecule has 0 rings (SSSR count). The van der Waals surface area contributed by atoms with Gasteiger partial charge in [-0.15, -0.1) is 0 Å². The monoisotopic (exact) mass is 1630 g/mol. The van der Waals surface area contributed by atoms with Gasteiger partial charge in [-0.05, 0) is 57.8 Å². The minimum Gasteiger partial charge on any atom is -0.756 e. The van der Waals surface area contributed by atoms with E-state index in [1.54, 1.807) is 0 Å². The Morgan fingerprint density at radius 2 is 0.691 bits per heavy atom. The van der Waals surface area contributed by atoms with Crippen molar-refractivity contribution in [3.05, 3.63) is 0 Å². The minimum atomic E-state index is -5.04. The molecule has 0 aromatic rings. The number of phosphoric acid groups is 2. The number of urea groups is 1. The van der Waals surface area contributed by atoms with Gasteiger partial charge in [0, 0.05) is 39.0 Å². The van der Waals surface area contributed by atoms with Gasteiger partial charge < -0.3 is 78.3 Å². The van der Waals surface area contributed by atoms with E-state index in [0.717, 1.165) is 154 Å². The van der Waals surface area contributed by atoms with Gasteiger partial charge in [0.2, 0.25) is 11.8 Å². The fourth-order valence-corrected chi connectivity index (χ4v) is 14.5. The van der Waals surface area contributed by atoms with Gasteiger partial charge in [-0.3, -0.25) is 28.3 Å². The first-order valence-electron chi connectivity index (χ1n) is 44.0.